The number of hydrogen-bond donors (Lipinski definition) is 0. The van der Waals surface area contributed by atoms with Crippen molar-refractivity contribution in [2.24, 2.45) is 14.1 Å². The van der Waals surface area contributed by atoms with E-state index < -0.39 is 0 Å². The van der Waals surface area contributed by atoms with Gasteiger partial charge in [-0.25, -0.2) is 4.79 Å². The van der Waals surface area contributed by atoms with Gasteiger partial charge in [-0.05, 0) is 24.1 Å². The van der Waals surface area contributed by atoms with Gasteiger partial charge in [0.25, 0.3) is 5.56 Å². The Morgan fingerprint density at radius 3 is 2.43 bits per heavy atom. The maximum atomic E-state index is 12.8. The molecule has 1 aromatic heterocycles. The van der Waals surface area contributed by atoms with Crippen molar-refractivity contribution in [1.82, 2.24) is 14.0 Å². The second-order valence-electron chi connectivity index (χ2n) is 9.55. The summed E-state index contributed by atoms with van der Waals surface area (Å²) in [5, 5.41) is 0. The predicted molar refractivity (Wildman–Crippen MR) is 141 cm³/mol. The highest BCUT2D eigenvalue weighted by atomic mass is 16.5. The van der Waals surface area contributed by atoms with E-state index in [1.165, 1.54) is 17.7 Å². The van der Waals surface area contributed by atoms with E-state index in [-0.39, 0.29) is 23.1 Å². The molecule has 0 spiro atoms. The van der Waals surface area contributed by atoms with E-state index in [1.807, 2.05) is 42.5 Å². The number of para-hydroxylation sites is 1. The first-order chi connectivity index (χ1) is 17.9. The average molecular weight is 505 g/mol. The molecule has 5 rings (SSSR count). The number of Topliss-reactive ketones (excluding diaryl/α,β-unsaturated/α-hetero) is 1. The van der Waals surface area contributed by atoms with Gasteiger partial charge in [0.15, 0.2) is 17.3 Å². The van der Waals surface area contributed by atoms with Crippen molar-refractivity contribution in [2.45, 2.75) is 18.9 Å². The van der Waals surface area contributed by atoms with Gasteiger partial charge in [0.1, 0.15) is 11.9 Å². The molecule has 0 radical (unpaired) electrons. The molecule has 1 unspecified atom stereocenters. The lowest BCUT2D eigenvalue weighted by Crippen LogP contribution is -2.49. The Bertz CT molecular complexity index is 1390. The smallest absolute Gasteiger partial charge is 0.332 e. The fraction of sp³-hybridized carbons (Fsp3) is 0.393. The molecule has 2 aromatic carbocycles. The van der Waals surface area contributed by atoms with Crippen LogP contribution in [0.1, 0.15) is 34.9 Å². The largest absolute Gasteiger partial charge is 0.490 e. The first kappa shape index (κ1) is 24.8. The van der Waals surface area contributed by atoms with E-state index in [4.69, 9.17) is 9.47 Å². The summed E-state index contributed by atoms with van der Waals surface area (Å²) in [5.74, 6) is 1.85. The molecule has 0 aliphatic carbocycles. The molecule has 3 aromatic rings. The molecular formula is C28H32N4O5. The van der Waals surface area contributed by atoms with Crippen LogP contribution >= 0.6 is 0 Å². The summed E-state index contributed by atoms with van der Waals surface area (Å²) in [6.45, 7) is 4.52. The Kier molecular flexibility index (Phi) is 7.14. The number of fused-ring (bicyclic) bond motifs is 1. The number of ketones is 1. The maximum absolute atomic E-state index is 12.8. The summed E-state index contributed by atoms with van der Waals surface area (Å²) < 4.78 is 15.0. The van der Waals surface area contributed by atoms with E-state index in [0.717, 1.165) is 49.3 Å². The van der Waals surface area contributed by atoms with Crippen LogP contribution in [0.4, 0.5) is 5.82 Å². The van der Waals surface area contributed by atoms with Crippen LogP contribution in [0.15, 0.2) is 64.2 Å². The number of piperazine rings is 1. The van der Waals surface area contributed by atoms with E-state index >= 15 is 0 Å². The minimum absolute atomic E-state index is 0.0622. The molecule has 3 heterocycles. The lowest BCUT2D eigenvalue weighted by Gasteiger charge is -2.36. The van der Waals surface area contributed by atoms with Gasteiger partial charge in [0.2, 0.25) is 0 Å². The molecule has 0 N–H and O–H groups in total. The third-order valence-corrected chi connectivity index (χ3v) is 7.15. The van der Waals surface area contributed by atoms with Crippen molar-refractivity contribution >= 4 is 11.6 Å². The molecule has 0 saturated carbocycles. The van der Waals surface area contributed by atoms with E-state index in [0.29, 0.717) is 35.9 Å². The number of benzene rings is 2. The number of ether oxygens (including phenoxy) is 2. The van der Waals surface area contributed by atoms with Crippen LogP contribution in [0.5, 0.6) is 11.5 Å². The summed E-state index contributed by atoms with van der Waals surface area (Å²) in [6, 6.07) is 16.8. The number of nitrogens with zero attached hydrogens (tertiary/aromatic N) is 4. The summed E-state index contributed by atoms with van der Waals surface area (Å²) in [6.07, 6.45) is 0.828. The standard InChI is InChI=1S/C28H32N4O5/c1-29-25(19-26(34)30(2)28(29)35)32-15-13-31(14-16-32)12-7-17-36-23-11-6-10-21-22(33)18-24(37-27(21)23)20-8-4-3-5-9-20/h3-6,8-11,19,24H,7,12-18H2,1-2H3. The monoisotopic (exact) mass is 504 g/mol. The predicted octanol–water partition coefficient (Wildman–Crippen LogP) is 2.38. The number of carbonyl (C=O) groups is 1. The van der Waals surface area contributed by atoms with Crippen molar-refractivity contribution in [2.75, 3.05) is 44.2 Å². The number of hydrogen-bond acceptors (Lipinski definition) is 7. The SMILES string of the molecule is Cn1c(N2CCN(CCCOc3cccc4c3OC(c3ccccc3)CC4=O)CC2)cc(=O)n(C)c1=O. The normalized spacial score (nSPS) is 17.8. The van der Waals surface area contributed by atoms with Gasteiger partial charge in [0, 0.05) is 52.9 Å². The molecule has 1 fully saturated rings. The highest BCUT2D eigenvalue weighted by Gasteiger charge is 2.30. The second kappa shape index (κ2) is 10.6. The zero-order valence-corrected chi connectivity index (χ0v) is 21.3. The van der Waals surface area contributed by atoms with Crippen molar-refractivity contribution in [3.8, 4) is 11.5 Å². The quantitative estimate of drug-likeness (QED) is 0.457. The van der Waals surface area contributed by atoms with Crippen molar-refractivity contribution in [3.05, 3.63) is 86.6 Å². The summed E-state index contributed by atoms with van der Waals surface area (Å²) in [5.41, 5.74) is 0.949. The van der Waals surface area contributed by atoms with Crippen molar-refractivity contribution in [1.29, 1.82) is 0 Å². The van der Waals surface area contributed by atoms with Crippen molar-refractivity contribution in [3.63, 3.8) is 0 Å². The molecule has 1 atom stereocenters. The van der Waals surface area contributed by atoms with Gasteiger partial charge >= 0.3 is 5.69 Å². The first-order valence-corrected chi connectivity index (χ1v) is 12.7. The van der Waals surface area contributed by atoms with Gasteiger partial charge in [-0.3, -0.25) is 23.6 Å². The molecule has 37 heavy (non-hydrogen) atoms. The molecule has 2 aliphatic rings. The first-order valence-electron chi connectivity index (χ1n) is 12.7. The lowest BCUT2D eigenvalue weighted by atomic mass is 9.96. The molecule has 9 nitrogen and oxygen atoms in total. The molecule has 2 aliphatic heterocycles. The van der Waals surface area contributed by atoms with Gasteiger partial charge in [-0.2, -0.15) is 0 Å². The third-order valence-electron chi connectivity index (χ3n) is 7.15. The topological polar surface area (TPSA) is 86.0 Å². The van der Waals surface area contributed by atoms with Gasteiger partial charge < -0.3 is 14.4 Å². The fourth-order valence-corrected chi connectivity index (χ4v) is 4.98. The zero-order chi connectivity index (χ0) is 25.9. The van der Waals surface area contributed by atoms with Crippen LogP contribution in [-0.4, -0.2) is 59.1 Å². The number of carbonyl (C=O) groups excluding carboxylic acids is 1. The number of anilines is 1. The maximum Gasteiger partial charge on any atom is 0.332 e. The summed E-state index contributed by atoms with van der Waals surface area (Å²) >= 11 is 0. The molecule has 9 heteroatoms. The Balaban J connectivity index is 1.14. The molecule has 0 amide bonds. The van der Waals surface area contributed by atoms with E-state index in [2.05, 4.69) is 9.80 Å². The number of aromatic nitrogens is 2. The summed E-state index contributed by atoms with van der Waals surface area (Å²) in [4.78, 5) is 41.6. The third kappa shape index (κ3) is 5.17. The highest BCUT2D eigenvalue weighted by molar-refractivity contribution is 6.00. The highest BCUT2D eigenvalue weighted by Crippen LogP contribution is 2.41. The number of rotatable bonds is 7. The van der Waals surface area contributed by atoms with Gasteiger partial charge in [-0.1, -0.05) is 36.4 Å². The van der Waals surface area contributed by atoms with Crippen LogP contribution < -0.4 is 25.6 Å². The Morgan fingerprint density at radius 1 is 0.919 bits per heavy atom. The minimum atomic E-state index is -0.314. The zero-order valence-electron chi connectivity index (χ0n) is 21.3. The second-order valence-corrected chi connectivity index (χ2v) is 9.55. The van der Waals surface area contributed by atoms with Crippen LogP contribution in [0.2, 0.25) is 0 Å². The molecular weight excluding hydrogens is 472 g/mol. The average Bonchev–Trinajstić information content (AvgIpc) is 2.93. The van der Waals surface area contributed by atoms with Crippen LogP contribution in [0.25, 0.3) is 0 Å². The Morgan fingerprint density at radius 2 is 1.68 bits per heavy atom. The fourth-order valence-electron chi connectivity index (χ4n) is 4.98. The molecule has 0 bridgehead atoms. The van der Waals surface area contributed by atoms with Crippen molar-refractivity contribution < 1.29 is 14.3 Å². The van der Waals surface area contributed by atoms with Crippen LogP contribution in [0.3, 0.4) is 0 Å². The minimum Gasteiger partial charge on any atom is -0.490 e. The summed E-state index contributed by atoms with van der Waals surface area (Å²) in [7, 11) is 3.19. The van der Waals surface area contributed by atoms with E-state index in [1.54, 1.807) is 13.1 Å². The lowest BCUT2D eigenvalue weighted by molar-refractivity contribution is 0.0839. The molecule has 1 saturated heterocycles. The van der Waals surface area contributed by atoms with Crippen LogP contribution in [-0.2, 0) is 14.1 Å². The Labute approximate surface area is 215 Å². The van der Waals surface area contributed by atoms with Crippen LogP contribution in [0, 0.1) is 0 Å². The van der Waals surface area contributed by atoms with Gasteiger partial charge in [-0.15, -0.1) is 0 Å². The Hall–Kier alpha value is -3.85. The van der Waals surface area contributed by atoms with Gasteiger partial charge in [0.05, 0.1) is 18.6 Å². The van der Waals surface area contributed by atoms with E-state index in [9.17, 15) is 14.4 Å². The molecule has 194 valence electrons.